The quantitative estimate of drug-likeness (QED) is 0.840. The van der Waals surface area contributed by atoms with Gasteiger partial charge >= 0.3 is 0 Å². The van der Waals surface area contributed by atoms with Crippen LogP contribution in [0, 0.1) is 13.8 Å². The highest BCUT2D eigenvalue weighted by Gasteiger charge is 1.94. The molecule has 0 saturated heterocycles. The molecule has 0 unspecified atom stereocenters. The second kappa shape index (κ2) is 8.49. The summed E-state index contributed by atoms with van der Waals surface area (Å²) in [5.74, 6) is 0. The molecular weight excluding hydrogens is 230 g/mol. The fraction of sp³-hybridized carbons (Fsp3) is 0.333. The van der Waals surface area contributed by atoms with Gasteiger partial charge in [-0.2, -0.15) is 0 Å². The minimum absolute atomic E-state index is 0.925. The standard InChI is InChI=1S/C16H19N.C2H6/c1-13-3-7-15(8-4-13)11-17-12-16-9-5-14(2)6-10-16;1-2/h3-10,17H,11-12H2,1-2H3;1-2H3. The van der Waals surface area contributed by atoms with E-state index in [1.54, 1.807) is 0 Å². The lowest BCUT2D eigenvalue weighted by Gasteiger charge is -2.06. The van der Waals surface area contributed by atoms with Crippen molar-refractivity contribution in [3.8, 4) is 0 Å². The molecule has 1 nitrogen and oxygen atoms in total. The van der Waals surface area contributed by atoms with Crippen molar-refractivity contribution in [3.05, 3.63) is 70.8 Å². The Morgan fingerprint density at radius 3 is 1.26 bits per heavy atom. The summed E-state index contributed by atoms with van der Waals surface area (Å²) in [4.78, 5) is 0. The van der Waals surface area contributed by atoms with Crippen LogP contribution in [-0.4, -0.2) is 0 Å². The second-order valence-corrected chi connectivity index (χ2v) is 4.57. The largest absolute Gasteiger partial charge is 0.309 e. The molecule has 0 amide bonds. The molecule has 0 heterocycles. The number of hydrogen-bond acceptors (Lipinski definition) is 1. The van der Waals surface area contributed by atoms with E-state index in [9.17, 15) is 0 Å². The van der Waals surface area contributed by atoms with Crippen molar-refractivity contribution in [2.75, 3.05) is 0 Å². The number of nitrogens with one attached hydrogen (secondary N) is 1. The minimum atomic E-state index is 0.925. The Kier molecular flexibility index (Phi) is 6.91. The van der Waals surface area contributed by atoms with E-state index in [0.717, 1.165) is 13.1 Å². The number of benzene rings is 2. The van der Waals surface area contributed by atoms with Crippen LogP contribution in [0.25, 0.3) is 0 Å². The Morgan fingerprint density at radius 1 is 0.632 bits per heavy atom. The second-order valence-electron chi connectivity index (χ2n) is 4.57. The third-order valence-electron chi connectivity index (χ3n) is 2.90. The third-order valence-corrected chi connectivity index (χ3v) is 2.90. The molecule has 102 valence electrons. The fourth-order valence-electron chi connectivity index (χ4n) is 1.76. The van der Waals surface area contributed by atoms with Crippen LogP contribution in [0.2, 0.25) is 0 Å². The average Bonchev–Trinajstić information content (AvgIpc) is 2.45. The molecule has 0 spiro atoms. The lowest BCUT2D eigenvalue weighted by Crippen LogP contribution is -2.12. The zero-order valence-electron chi connectivity index (χ0n) is 12.5. The molecule has 0 aromatic heterocycles. The van der Waals surface area contributed by atoms with E-state index in [4.69, 9.17) is 0 Å². The van der Waals surface area contributed by atoms with Crippen molar-refractivity contribution in [3.63, 3.8) is 0 Å². The van der Waals surface area contributed by atoms with Gasteiger partial charge in [-0.3, -0.25) is 0 Å². The van der Waals surface area contributed by atoms with Crippen molar-refractivity contribution in [1.82, 2.24) is 5.32 Å². The molecular formula is C18H25N. The predicted molar refractivity (Wildman–Crippen MR) is 84.2 cm³/mol. The smallest absolute Gasteiger partial charge is 0.0208 e. The minimum Gasteiger partial charge on any atom is -0.309 e. The molecule has 0 aliphatic heterocycles. The van der Waals surface area contributed by atoms with Gasteiger partial charge in [0.15, 0.2) is 0 Å². The maximum Gasteiger partial charge on any atom is 0.0208 e. The van der Waals surface area contributed by atoms with E-state index in [2.05, 4.69) is 67.7 Å². The summed E-state index contributed by atoms with van der Waals surface area (Å²) in [6.45, 7) is 10.1. The van der Waals surface area contributed by atoms with Gasteiger partial charge in [-0.1, -0.05) is 73.5 Å². The summed E-state index contributed by atoms with van der Waals surface area (Å²) in [6, 6.07) is 17.3. The lowest BCUT2D eigenvalue weighted by molar-refractivity contribution is 0.693. The van der Waals surface area contributed by atoms with E-state index in [1.807, 2.05) is 13.8 Å². The van der Waals surface area contributed by atoms with Gasteiger partial charge in [-0.25, -0.2) is 0 Å². The first-order valence-corrected chi connectivity index (χ1v) is 7.06. The number of aryl methyl sites for hydroxylation is 2. The van der Waals surface area contributed by atoms with Crippen LogP contribution >= 0.6 is 0 Å². The topological polar surface area (TPSA) is 12.0 Å². The Labute approximate surface area is 117 Å². The van der Waals surface area contributed by atoms with Crippen molar-refractivity contribution < 1.29 is 0 Å². The van der Waals surface area contributed by atoms with Crippen LogP contribution in [-0.2, 0) is 13.1 Å². The monoisotopic (exact) mass is 255 g/mol. The number of rotatable bonds is 4. The lowest BCUT2D eigenvalue weighted by atomic mass is 10.1. The highest BCUT2D eigenvalue weighted by Crippen LogP contribution is 2.05. The molecule has 0 bridgehead atoms. The number of hydrogen-bond donors (Lipinski definition) is 1. The molecule has 0 radical (unpaired) electrons. The first-order valence-electron chi connectivity index (χ1n) is 7.06. The van der Waals surface area contributed by atoms with Gasteiger partial charge in [0.1, 0.15) is 0 Å². The van der Waals surface area contributed by atoms with Gasteiger partial charge < -0.3 is 5.32 Å². The van der Waals surface area contributed by atoms with E-state index < -0.39 is 0 Å². The SMILES string of the molecule is CC.Cc1ccc(CNCc2ccc(C)cc2)cc1. The summed E-state index contributed by atoms with van der Waals surface area (Å²) < 4.78 is 0. The van der Waals surface area contributed by atoms with Crippen LogP contribution < -0.4 is 5.32 Å². The summed E-state index contributed by atoms with van der Waals surface area (Å²) in [7, 11) is 0. The molecule has 19 heavy (non-hydrogen) atoms. The molecule has 2 aromatic carbocycles. The molecule has 2 aromatic rings. The molecule has 2 rings (SSSR count). The summed E-state index contributed by atoms with van der Waals surface area (Å²) >= 11 is 0. The molecule has 0 aliphatic carbocycles. The van der Waals surface area contributed by atoms with Crippen LogP contribution in [0.4, 0.5) is 0 Å². The zero-order chi connectivity index (χ0) is 14.1. The average molecular weight is 255 g/mol. The van der Waals surface area contributed by atoms with Crippen molar-refractivity contribution in [2.45, 2.75) is 40.8 Å². The van der Waals surface area contributed by atoms with Gasteiger partial charge in [0, 0.05) is 13.1 Å². The highest BCUT2D eigenvalue weighted by atomic mass is 14.8. The summed E-state index contributed by atoms with van der Waals surface area (Å²) in [5, 5.41) is 3.46. The summed E-state index contributed by atoms with van der Waals surface area (Å²) in [5.41, 5.74) is 5.30. The zero-order valence-corrected chi connectivity index (χ0v) is 12.5. The van der Waals surface area contributed by atoms with Crippen LogP contribution in [0.1, 0.15) is 36.1 Å². The Morgan fingerprint density at radius 2 is 0.947 bits per heavy atom. The predicted octanol–water partition coefficient (Wildman–Crippen LogP) is 4.62. The van der Waals surface area contributed by atoms with Gasteiger partial charge in [-0.05, 0) is 25.0 Å². The van der Waals surface area contributed by atoms with E-state index >= 15 is 0 Å². The van der Waals surface area contributed by atoms with E-state index in [1.165, 1.54) is 22.3 Å². The van der Waals surface area contributed by atoms with Crippen LogP contribution in [0.15, 0.2) is 48.5 Å². The van der Waals surface area contributed by atoms with E-state index in [-0.39, 0.29) is 0 Å². The first kappa shape index (κ1) is 15.5. The first-order chi connectivity index (χ1) is 9.24. The van der Waals surface area contributed by atoms with Crippen molar-refractivity contribution in [1.29, 1.82) is 0 Å². The molecule has 0 saturated carbocycles. The van der Waals surface area contributed by atoms with Gasteiger partial charge in [-0.15, -0.1) is 0 Å². The van der Waals surface area contributed by atoms with Gasteiger partial charge in [0.2, 0.25) is 0 Å². The molecule has 0 aliphatic rings. The van der Waals surface area contributed by atoms with E-state index in [0.29, 0.717) is 0 Å². The molecule has 0 fully saturated rings. The highest BCUT2D eigenvalue weighted by molar-refractivity contribution is 5.22. The summed E-state index contributed by atoms with van der Waals surface area (Å²) in [6.07, 6.45) is 0. The maximum atomic E-state index is 3.46. The van der Waals surface area contributed by atoms with Gasteiger partial charge in [0.25, 0.3) is 0 Å². The van der Waals surface area contributed by atoms with Crippen LogP contribution in [0.5, 0.6) is 0 Å². The van der Waals surface area contributed by atoms with Crippen molar-refractivity contribution in [2.24, 2.45) is 0 Å². The third kappa shape index (κ3) is 5.71. The Bertz CT molecular complexity index is 409. The maximum absolute atomic E-state index is 3.46. The Hall–Kier alpha value is -1.60. The van der Waals surface area contributed by atoms with Gasteiger partial charge in [0.05, 0.1) is 0 Å². The molecule has 0 atom stereocenters. The fourth-order valence-corrected chi connectivity index (χ4v) is 1.76. The molecule has 1 N–H and O–H groups in total. The normalized spacial score (nSPS) is 9.68. The van der Waals surface area contributed by atoms with Crippen molar-refractivity contribution >= 4 is 0 Å². The van der Waals surface area contributed by atoms with Crippen LogP contribution in [0.3, 0.4) is 0 Å². The Balaban J connectivity index is 0.000000861. The molecule has 1 heteroatoms.